The van der Waals surface area contributed by atoms with Gasteiger partial charge in [0.15, 0.2) is 0 Å². The summed E-state index contributed by atoms with van der Waals surface area (Å²) in [5.74, 6) is 2.39. The van der Waals surface area contributed by atoms with Crippen LogP contribution in [0.5, 0.6) is 0 Å². The number of nitrogens with one attached hydrogen (secondary N) is 1. The Morgan fingerprint density at radius 3 is 2.89 bits per heavy atom. The number of benzene rings is 1. The van der Waals surface area contributed by atoms with E-state index in [1.165, 1.54) is 12.2 Å². The maximum absolute atomic E-state index is 9.91. The molecule has 2 N–H and O–H groups in total. The van der Waals surface area contributed by atoms with E-state index in [-0.39, 0.29) is 6.10 Å². The summed E-state index contributed by atoms with van der Waals surface area (Å²) < 4.78 is 5.71. The van der Waals surface area contributed by atoms with E-state index in [9.17, 15) is 5.11 Å². The Bertz CT molecular complexity index is 354. The summed E-state index contributed by atoms with van der Waals surface area (Å²) in [5.41, 5.74) is 1.15. The number of hydrogen-bond donors (Lipinski definition) is 2. The minimum absolute atomic E-state index is 0.0258. The molecule has 1 aromatic carbocycles. The third kappa shape index (κ3) is 5.15. The highest BCUT2D eigenvalue weighted by atomic mass is 32.2. The largest absolute Gasteiger partial charge is 0.389 e. The van der Waals surface area contributed by atoms with Crippen LogP contribution in [0.1, 0.15) is 25.0 Å². The number of aliphatic hydroxyl groups excluding tert-OH is 1. The summed E-state index contributed by atoms with van der Waals surface area (Å²) in [6.45, 7) is 3.01. The van der Waals surface area contributed by atoms with Crippen LogP contribution in [0.4, 0.5) is 0 Å². The molecule has 0 radical (unpaired) electrons. The zero-order chi connectivity index (χ0) is 13.5. The van der Waals surface area contributed by atoms with Gasteiger partial charge < -0.3 is 15.2 Å². The van der Waals surface area contributed by atoms with Crippen LogP contribution in [0, 0.1) is 0 Å². The van der Waals surface area contributed by atoms with E-state index in [4.69, 9.17) is 4.74 Å². The van der Waals surface area contributed by atoms with Gasteiger partial charge >= 0.3 is 0 Å². The first-order valence-corrected chi connectivity index (χ1v) is 8.07. The monoisotopic (exact) mass is 281 g/mol. The van der Waals surface area contributed by atoms with Gasteiger partial charge in [-0.1, -0.05) is 30.3 Å². The Morgan fingerprint density at radius 1 is 1.42 bits per heavy atom. The molecule has 1 aliphatic heterocycles. The maximum atomic E-state index is 9.91. The van der Waals surface area contributed by atoms with Gasteiger partial charge in [-0.15, -0.1) is 0 Å². The molecule has 0 spiro atoms. The molecule has 19 heavy (non-hydrogen) atoms. The molecule has 3 nitrogen and oxygen atoms in total. The molecule has 1 heterocycles. The molecule has 1 aliphatic rings. The van der Waals surface area contributed by atoms with Gasteiger partial charge in [-0.3, -0.25) is 0 Å². The molecule has 0 aromatic heterocycles. The highest BCUT2D eigenvalue weighted by Gasteiger charge is 2.16. The van der Waals surface area contributed by atoms with Crippen molar-refractivity contribution in [1.29, 1.82) is 0 Å². The van der Waals surface area contributed by atoms with E-state index < -0.39 is 6.10 Å². The van der Waals surface area contributed by atoms with E-state index in [1.807, 2.05) is 49.0 Å². The zero-order valence-corrected chi connectivity index (χ0v) is 12.2. The lowest BCUT2D eigenvalue weighted by molar-refractivity contribution is -0.00266. The van der Waals surface area contributed by atoms with Gasteiger partial charge in [0.1, 0.15) is 0 Å². The van der Waals surface area contributed by atoms with E-state index in [1.54, 1.807) is 0 Å². The fourth-order valence-corrected chi connectivity index (χ4v) is 3.32. The number of hydrogen-bond acceptors (Lipinski definition) is 4. The molecule has 0 unspecified atom stereocenters. The minimum atomic E-state index is -0.434. The van der Waals surface area contributed by atoms with Gasteiger partial charge in [0.05, 0.1) is 18.8 Å². The number of aliphatic hydroxyl groups is 1. The second kappa shape index (κ2) is 7.90. The van der Waals surface area contributed by atoms with Crippen molar-refractivity contribution in [2.24, 2.45) is 0 Å². The van der Waals surface area contributed by atoms with E-state index >= 15 is 0 Å². The van der Waals surface area contributed by atoms with E-state index in [2.05, 4.69) is 5.32 Å². The molecule has 0 amide bonds. The summed E-state index contributed by atoms with van der Waals surface area (Å²) >= 11 is 1.97. The quantitative estimate of drug-likeness (QED) is 0.804. The lowest BCUT2D eigenvalue weighted by Crippen LogP contribution is -2.37. The number of ether oxygens (including phenoxy) is 1. The van der Waals surface area contributed by atoms with Crippen LogP contribution in [0.3, 0.4) is 0 Å². The molecule has 106 valence electrons. The smallest absolute Gasteiger partial charge is 0.0898 e. The standard InChI is InChI=1S/C15H23NO2S/c1-12(13-5-3-2-4-6-13)18-10-15(17)9-16-14-7-8-19-11-14/h2-6,12,14-17H,7-11H2,1H3/t12-,14-,15-/m0/s1. The van der Waals surface area contributed by atoms with Crippen LogP contribution >= 0.6 is 11.8 Å². The first kappa shape index (κ1) is 14.9. The van der Waals surface area contributed by atoms with Crippen LogP contribution < -0.4 is 5.32 Å². The number of thioether (sulfide) groups is 1. The minimum Gasteiger partial charge on any atom is -0.389 e. The summed E-state index contributed by atoms with van der Waals surface area (Å²) in [5, 5.41) is 13.3. The topological polar surface area (TPSA) is 41.5 Å². The average molecular weight is 281 g/mol. The van der Waals surface area contributed by atoms with Crippen molar-refractivity contribution < 1.29 is 9.84 Å². The maximum Gasteiger partial charge on any atom is 0.0898 e. The lowest BCUT2D eigenvalue weighted by Gasteiger charge is -2.19. The molecule has 4 heteroatoms. The van der Waals surface area contributed by atoms with Crippen molar-refractivity contribution in [3.05, 3.63) is 35.9 Å². The predicted molar refractivity (Wildman–Crippen MR) is 80.5 cm³/mol. The second-order valence-corrected chi connectivity index (χ2v) is 6.16. The van der Waals surface area contributed by atoms with Gasteiger partial charge in [-0.2, -0.15) is 11.8 Å². The fraction of sp³-hybridized carbons (Fsp3) is 0.600. The van der Waals surface area contributed by atoms with Crippen molar-refractivity contribution in [2.75, 3.05) is 24.7 Å². The molecule has 0 saturated carbocycles. The normalized spacial score (nSPS) is 22.3. The third-order valence-corrected chi connectivity index (χ3v) is 4.54. The molecule has 1 saturated heterocycles. The van der Waals surface area contributed by atoms with Crippen molar-refractivity contribution in [3.8, 4) is 0 Å². The molecule has 3 atom stereocenters. The van der Waals surface area contributed by atoms with Crippen LogP contribution in [-0.4, -0.2) is 41.9 Å². The highest BCUT2D eigenvalue weighted by molar-refractivity contribution is 7.99. The molecule has 0 bridgehead atoms. The van der Waals surface area contributed by atoms with Gasteiger partial charge in [-0.25, -0.2) is 0 Å². The van der Waals surface area contributed by atoms with Gasteiger partial charge in [-0.05, 0) is 24.7 Å². The third-order valence-electron chi connectivity index (χ3n) is 3.38. The lowest BCUT2D eigenvalue weighted by atomic mass is 10.1. The van der Waals surface area contributed by atoms with Crippen LogP contribution in [-0.2, 0) is 4.74 Å². The predicted octanol–water partition coefficient (Wildman–Crippen LogP) is 2.22. The zero-order valence-electron chi connectivity index (χ0n) is 11.4. The Labute approximate surface area is 119 Å². The van der Waals surface area contributed by atoms with Crippen LogP contribution in [0.2, 0.25) is 0 Å². The van der Waals surface area contributed by atoms with E-state index in [0.29, 0.717) is 19.2 Å². The first-order valence-electron chi connectivity index (χ1n) is 6.91. The Morgan fingerprint density at radius 2 is 2.21 bits per heavy atom. The summed E-state index contributed by atoms with van der Waals surface area (Å²) in [6, 6.07) is 10.7. The van der Waals surface area contributed by atoms with Crippen molar-refractivity contribution in [2.45, 2.75) is 31.6 Å². The first-order chi connectivity index (χ1) is 9.25. The molecular formula is C15H23NO2S. The molecule has 1 fully saturated rings. The molecule has 2 rings (SSSR count). The van der Waals surface area contributed by atoms with Crippen molar-refractivity contribution >= 4 is 11.8 Å². The average Bonchev–Trinajstić information content (AvgIpc) is 2.96. The van der Waals surface area contributed by atoms with E-state index in [0.717, 1.165) is 11.3 Å². The fourth-order valence-electron chi connectivity index (χ4n) is 2.13. The molecular weight excluding hydrogens is 258 g/mol. The van der Waals surface area contributed by atoms with Gasteiger partial charge in [0, 0.05) is 18.3 Å². The van der Waals surface area contributed by atoms with Gasteiger partial charge in [0.25, 0.3) is 0 Å². The van der Waals surface area contributed by atoms with Crippen LogP contribution in [0.15, 0.2) is 30.3 Å². The van der Waals surface area contributed by atoms with Crippen molar-refractivity contribution in [3.63, 3.8) is 0 Å². The highest BCUT2D eigenvalue weighted by Crippen LogP contribution is 2.17. The molecule has 0 aliphatic carbocycles. The number of rotatable bonds is 7. The van der Waals surface area contributed by atoms with Gasteiger partial charge in [0.2, 0.25) is 0 Å². The Kier molecular flexibility index (Phi) is 6.17. The summed E-state index contributed by atoms with van der Waals surface area (Å²) in [7, 11) is 0. The Balaban J connectivity index is 1.64. The SMILES string of the molecule is C[C@H](OC[C@@H](O)CN[C@H]1CCSC1)c1ccccc1. The molecule has 1 aromatic rings. The second-order valence-electron chi connectivity index (χ2n) is 5.01. The summed E-state index contributed by atoms with van der Waals surface area (Å²) in [6.07, 6.45) is 0.799. The van der Waals surface area contributed by atoms with Crippen LogP contribution in [0.25, 0.3) is 0 Å². The van der Waals surface area contributed by atoms with Crippen molar-refractivity contribution in [1.82, 2.24) is 5.32 Å². The summed E-state index contributed by atoms with van der Waals surface area (Å²) in [4.78, 5) is 0. The Hall–Kier alpha value is -0.550.